The molecule has 0 radical (unpaired) electrons. The summed E-state index contributed by atoms with van der Waals surface area (Å²) in [5.74, 6) is 0. The van der Waals surface area contributed by atoms with Gasteiger partial charge in [0.1, 0.15) is 0 Å². The maximum atomic E-state index is 4.26. The van der Waals surface area contributed by atoms with Crippen LogP contribution < -0.4 is 0 Å². The third kappa shape index (κ3) is 2.32. The zero-order valence-corrected chi connectivity index (χ0v) is 11.6. The van der Waals surface area contributed by atoms with Gasteiger partial charge in [0.05, 0.1) is 15.7 Å². The van der Waals surface area contributed by atoms with Crippen molar-refractivity contribution in [2.75, 3.05) is 0 Å². The van der Waals surface area contributed by atoms with Crippen molar-refractivity contribution in [3.63, 3.8) is 0 Å². The monoisotopic (exact) mass is 317 g/mol. The van der Waals surface area contributed by atoms with E-state index in [1.54, 1.807) is 6.20 Å². The highest BCUT2D eigenvalue weighted by Crippen LogP contribution is 2.35. The number of hydrogen-bond acceptors (Lipinski definition) is 4. The Hall–Kier alpha value is -1.59. The number of rotatable bonds is 2. The number of thiazole rings is 1. The molecule has 0 amide bonds. The van der Waals surface area contributed by atoms with Gasteiger partial charge < -0.3 is 0 Å². The summed E-state index contributed by atoms with van der Waals surface area (Å²) in [4.78, 5) is 4.12. The summed E-state index contributed by atoms with van der Waals surface area (Å²) in [7, 11) is 0. The third-order valence-electron chi connectivity index (χ3n) is 2.48. The summed E-state index contributed by atoms with van der Waals surface area (Å²) >= 11 is 4.81. The van der Waals surface area contributed by atoms with E-state index < -0.39 is 0 Å². The SMILES string of the molecule is Brc1cnc(N=Nc2ccc3cccccc2-3)s1. The lowest BCUT2D eigenvalue weighted by Crippen LogP contribution is -1.65. The molecular weight excluding hydrogens is 310 g/mol. The van der Waals surface area contributed by atoms with E-state index in [0.29, 0.717) is 5.13 Å². The van der Waals surface area contributed by atoms with E-state index in [1.807, 2.05) is 36.4 Å². The molecule has 88 valence electrons. The van der Waals surface area contributed by atoms with E-state index in [4.69, 9.17) is 0 Å². The number of nitrogens with zero attached hydrogens (tertiary/aromatic N) is 3. The van der Waals surface area contributed by atoms with Crippen LogP contribution >= 0.6 is 27.3 Å². The van der Waals surface area contributed by atoms with Crippen LogP contribution in [0.5, 0.6) is 0 Å². The van der Waals surface area contributed by atoms with Crippen LogP contribution in [0.1, 0.15) is 0 Å². The summed E-state index contributed by atoms with van der Waals surface area (Å²) < 4.78 is 0.954. The molecule has 0 aliphatic heterocycles. The molecule has 1 aromatic rings. The smallest absolute Gasteiger partial charge is 0.224 e. The Labute approximate surface area is 117 Å². The quantitative estimate of drug-likeness (QED) is 0.581. The first-order chi connectivity index (χ1) is 8.83. The van der Waals surface area contributed by atoms with Crippen molar-refractivity contribution in [2.24, 2.45) is 10.2 Å². The largest absolute Gasteiger partial charge is 0.230 e. The first kappa shape index (κ1) is 11.5. The second-order valence-electron chi connectivity index (χ2n) is 3.65. The Morgan fingerprint density at radius 1 is 1.00 bits per heavy atom. The van der Waals surface area contributed by atoms with E-state index in [1.165, 1.54) is 11.3 Å². The molecule has 2 aliphatic rings. The van der Waals surface area contributed by atoms with Gasteiger partial charge in [0.2, 0.25) is 5.13 Å². The Bertz CT molecular complexity index is 678. The fourth-order valence-corrected chi connectivity index (χ4v) is 2.68. The molecule has 3 rings (SSSR count). The van der Waals surface area contributed by atoms with Crippen LogP contribution in [0.2, 0.25) is 0 Å². The molecular formula is C13H8BrN3S. The van der Waals surface area contributed by atoms with Gasteiger partial charge in [0.25, 0.3) is 0 Å². The molecule has 0 spiro atoms. The average molecular weight is 318 g/mol. The molecule has 1 heterocycles. The highest BCUT2D eigenvalue weighted by molar-refractivity contribution is 9.11. The van der Waals surface area contributed by atoms with Crippen LogP contribution in [-0.4, -0.2) is 4.98 Å². The van der Waals surface area contributed by atoms with E-state index in [2.05, 4.69) is 37.2 Å². The summed E-state index contributed by atoms with van der Waals surface area (Å²) in [6.45, 7) is 0. The molecule has 18 heavy (non-hydrogen) atoms. The number of aromatic nitrogens is 1. The van der Waals surface area contributed by atoms with E-state index in [9.17, 15) is 0 Å². The van der Waals surface area contributed by atoms with Crippen LogP contribution in [0.15, 0.2) is 62.7 Å². The minimum absolute atomic E-state index is 0.650. The standard InChI is InChI=1S/C13H8BrN3S/c14-12-8-15-13(18-12)17-16-11-7-6-9-4-2-1-3-5-10(9)11/h1-8H. The fraction of sp³-hybridized carbons (Fsp3) is 0. The maximum absolute atomic E-state index is 4.26. The Kier molecular flexibility index (Phi) is 3.17. The number of hydrogen-bond donors (Lipinski definition) is 0. The van der Waals surface area contributed by atoms with E-state index in [0.717, 1.165) is 20.6 Å². The fourth-order valence-electron chi connectivity index (χ4n) is 1.67. The van der Waals surface area contributed by atoms with E-state index in [-0.39, 0.29) is 0 Å². The highest BCUT2D eigenvalue weighted by atomic mass is 79.9. The molecule has 0 unspecified atom stereocenters. The summed E-state index contributed by atoms with van der Waals surface area (Å²) in [5.41, 5.74) is 3.13. The van der Waals surface area contributed by atoms with Gasteiger partial charge in [-0.25, -0.2) is 4.98 Å². The molecule has 2 aliphatic carbocycles. The van der Waals surface area contributed by atoms with Crippen LogP contribution in [0.4, 0.5) is 10.8 Å². The second kappa shape index (κ2) is 4.96. The van der Waals surface area contributed by atoms with Crippen LogP contribution in [0, 0.1) is 0 Å². The first-order valence-corrected chi connectivity index (χ1v) is 6.95. The Morgan fingerprint density at radius 2 is 1.89 bits per heavy atom. The van der Waals surface area contributed by atoms with Crippen LogP contribution in [0.25, 0.3) is 11.1 Å². The van der Waals surface area contributed by atoms with E-state index >= 15 is 0 Å². The predicted octanol–water partition coefficient (Wildman–Crippen LogP) is 5.43. The van der Waals surface area contributed by atoms with Crippen LogP contribution in [0.3, 0.4) is 0 Å². The first-order valence-electron chi connectivity index (χ1n) is 5.34. The molecule has 1 aromatic heterocycles. The lowest BCUT2D eigenvalue weighted by atomic mass is 10.2. The molecule has 5 heteroatoms. The van der Waals surface area contributed by atoms with Crippen molar-refractivity contribution in [1.29, 1.82) is 0 Å². The normalized spacial score (nSPS) is 11.4. The summed E-state index contributed by atoms with van der Waals surface area (Å²) in [6.07, 6.45) is 1.72. The molecule has 0 saturated heterocycles. The molecule has 0 bridgehead atoms. The third-order valence-corrected chi connectivity index (χ3v) is 3.84. The summed E-state index contributed by atoms with van der Waals surface area (Å²) in [6, 6.07) is 14.1. The zero-order valence-electron chi connectivity index (χ0n) is 9.25. The number of halogens is 1. The molecule has 0 N–H and O–H groups in total. The molecule has 0 fully saturated rings. The highest BCUT2D eigenvalue weighted by Gasteiger charge is 2.06. The molecule has 3 nitrogen and oxygen atoms in total. The van der Waals surface area contributed by atoms with Crippen molar-refractivity contribution in [1.82, 2.24) is 4.98 Å². The topological polar surface area (TPSA) is 37.6 Å². The van der Waals surface area contributed by atoms with Crippen LogP contribution in [-0.2, 0) is 0 Å². The van der Waals surface area contributed by atoms with Gasteiger partial charge in [-0.2, -0.15) is 0 Å². The van der Waals surface area contributed by atoms with Crippen molar-refractivity contribution in [3.8, 4) is 11.1 Å². The minimum Gasteiger partial charge on any atom is -0.224 e. The van der Waals surface area contributed by atoms with Gasteiger partial charge in [-0.05, 0) is 27.6 Å². The Morgan fingerprint density at radius 3 is 2.72 bits per heavy atom. The molecule has 0 atom stereocenters. The van der Waals surface area contributed by atoms with Gasteiger partial charge in [-0.3, -0.25) is 0 Å². The number of fused-ring (bicyclic) bond motifs is 1. The molecule has 0 saturated carbocycles. The van der Waals surface area contributed by atoms with Crippen molar-refractivity contribution in [3.05, 3.63) is 52.4 Å². The van der Waals surface area contributed by atoms with Gasteiger partial charge in [-0.1, -0.05) is 47.7 Å². The maximum Gasteiger partial charge on any atom is 0.230 e. The van der Waals surface area contributed by atoms with Gasteiger partial charge in [0, 0.05) is 5.56 Å². The zero-order chi connectivity index (χ0) is 12.4. The average Bonchev–Trinajstić information content (AvgIpc) is 2.87. The number of azo groups is 1. The van der Waals surface area contributed by atoms with Crippen molar-refractivity contribution < 1.29 is 0 Å². The lowest BCUT2D eigenvalue weighted by molar-refractivity contribution is 1.20. The predicted molar refractivity (Wildman–Crippen MR) is 77.1 cm³/mol. The minimum atomic E-state index is 0.650. The van der Waals surface area contributed by atoms with Gasteiger partial charge >= 0.3 is 0 Å². The van der Waals surface area contributed by atoms with Crippen molar-refractivity contribution >= 4 is 38.1 Å². The van der Waals surface area contributed by atoms with Gasteiger partial charge in [-0.15, -0.1) is 10.2 Å². The summed E-state index contributed by atoms with van der Waals surface area (Å²) in [5, 5.41) is 9.05. The second-order valence-corrected chi connectivity index (χ2v) is 6.03. The van der Waals surface area contributed by atoms with Crippen molar-refractivity contribution in [2.45, 2.75) is 0 Å². The molecule has 0 aromatic carbocycles. The lowest BCUT2D eigenvalue weighted by Gasteiger charge is -1.92. The Balaban J connectivity index is 1.95. The van der Waals surface area contributed by atoms with Gasteiger partial charge in [0.15, 0.2) is 0 Å².